The van der Waals surface area contributed by atoms with Crippen LogP contribution in [-0.4, -0.2) is 0 Å². The molecule has 0 N–H and O–H groups in total. The van der Waals surface area contributed by atoms with Crippen molar-refractivity contribution in [2.24, 2.45) is 5.92 Å². The highest BCUT2D eigenvalue weighted by Crippen LogP contribution is 2.37. The van der Waals surface area contributed by atoms with Crippen molar-refractivity contribution in [1.29, 1.82) is 0 Å². The summed E-state index contributed by atoms with van der Waals surface area (Å²) in [5.41, 5.74) is 9.99. The Labute approximate surface area is 143 Å². The van der Waals surface area contributed by atoms with E-state index in [-0.39, 0.29) is 1.43 Å². The molecular weight excluding hydrogens is 276 g/mol. The Morgan fingerprint density at radius 3 is 2.00 bits per heavy atom. The second kappa shape index (κ2) is 6.51. The molecule has 0 amide bonds. The Balaban J connectivity index is 0.00000208. The average molecular weight is 309 g/mol. The van der Waals surface area contributed by atoms with Gasteiger partial charge in [-0.05, 0) is 91.3 Å². The maximum absolute atomic E-state index is 2.39. The lowest BCUT2D eigenvalue weighted by molar-refractivity contribution is 0.348. The van der Waals surface area contributed by atoms with Crippen molar-refractivity contribution in [1.82, 2.24) is 0 Å². The molecule has 0 saturated heterocycles. The highest BCUT2D eigenvalue weighted by atomic mass is 14.2. The molecule has 1 aliphatic rings. The quantitative estimate of drug-likeness (QED) is 0.553. The molecule has 3 rings (SSSR count). The van der Waals surface area contributed by atoms with E-state index in [0.29, 0.717) is 0 Å². The standard InChI is InChI=1S/C23H30.H2/c1-15-6-8-20(9-7-15)21-10-12-22(13-11-21)23-14-16(2)17(3)18(4)19(23)5;/h10-15,20H,6-9H2,1-5H3;1H. The molecule has 0 aromatic heterocycles. The van der Waals surface area contributed by atoms with E-state index in [9.17, 15) is 0 Å². The fraction of sp³-hybridized carbons (Fsp3) is 0.478. The Bertz CT molecular complexity index is 689. The molecule has 0 nitrogen and oxygen atoms in total. The second-order valence-electron chi connectivity index (χ2n) is 7.69. The third kappa shape index (κ3) is 3.22. The predicted octanol–water partition coefficient (Wildman–Crippen LogP) is 7.13. The molecule has 0 heteroatoms. The first kappa shape index (κ1) is 16.3. The van der Waals surface area contributed by atoms with Gasteiger partial charge in [-0.15, -0.1) is 0 Å². The maximum Gasteiger partial charge on any atom is 0 e. The molecule has 2 aromatic carbocycles. The van der Waals surface area contributed by atoms with Gasteiger partial charge in [0, 0.05) is 1.43 Å². The van der Waals surface area contributed by atoms with Crippen molar-refractivity contribution in [2.75, 3.05) is 0 Å². The third-order valence-corrected chi connectivity index (χ3v) is 6.19. The molecule has 0 spiro atoms. The van der Waals surface area contributed by atoms with E-state index in [1.54, 1.807) is 5.56 Å². The van der Waals surface area contributed by atoms with Gasteiger partial charge in [0.1, 0.15) is 0 Å². The predicted molar refractivity (Wildman–Crippen MR) is 103 cm³/mol. The van der Waals surface area contributed by atoms with Crippen LogP contribution < -0.4 is 0 Å². The molecule has 1 saturated carbocycles. The van der Waals surface area contributed by atoms with Crippen LogP contribution in [0.2, 0.25) is 0 Å². The lowest BCUT2D eigenvalue weighted by Crippen LogP contribution is -2.10. The summed E-state index contributed by atoms with van der Waals surface area (Å²) in [4.78, 5) is 0. The lowest BCUT2D eigenvalue weighted by Gasteiger charge is -2.26. The van der Waals surface area contributed by atoms with Crippen LogP contribution in [0.15, 0.2) is 30.3 Å². The highest BCUT2D eigenvalue weighted by molar-refractivity contribution is 5.70. The summed E-state index contributed by atoms with van der Waals surface area (Å²) in [6.45, 7) is 11.4. The first-order chi connectivity index (χ1) is 11.0. The van der Waals surface area contributed by atoms with Crippen LogP contribution in [0.3, 0.4) is 0 Å². The minimum absolute atomic E-state index is 0. The summed E-state index contributed by atoms with van der Waals surface area (Å²) >= 11 is 0. The molecule has 0 aliphatic heterocycles. The largest absolute Gasteiger partial charge is 0.0625 e. The zero-order chi connectivity index (χ0) is 16.6. The van der Waals surface area contributed by atoms with Crippen LogP contribution >= 0.6 is 0 Å². The number of aryl methyl sites for hydroxylation is 1. The van der Waals surface area contributed by atoms with Crippen molar-refractivity contribution in [3.8, 4) is 11.1 Å². The molecule has 0 bridgehead atoms. The summed E-state index contributed by atoms with van der Waals surface area (Å²) in [5, 5.41) is 0. The Hall–Kier alpha value is -1.56. The van der Waals surface area contributed by atoms with Gasteiger partial charge in [-0.25, -0.2) is 0 Å². The normalized spacial score (nSPS) is 21.4. The molecule has 2 aromatic rings. The van der Waals surface area contributed by atoms with E-state index in [1.807, 2.05) is 0 Å². The second-order valence-corrected chi connectivity index (χ2v) is 7.69. The average Bonchev–Trinajstić information content (AvgIpc) is 2.57. The van der Waals surface area contributed by atoms with E-state index in [4.69, 9.17) is 0 Å². The van der Waals surface area contributed by atoms with Crippen LogP contribution in [-0.2, 0) is 0 Å². The Morgan fingerprint density at radius 1 is 0.783 bits per heavy atom. The summed E-state index contributed by atoms with van der Waals surface area (Å²) in [7, 11) is 0. The van der Waals surface area contributed by atoms with E-state index >= 15 is 0 Å². The van der Waals surface area contributed by atoms with Gasteiger partial charge in [0.15, 0.2) is 0 Å². The van der Waals surface area contributed by atoms with E-state index in [2.05, 4.69) is 65.0 Å². The molecule has 124 valence electrons. The molecule has 1 aliphatic carbocycles. The van der Waals surface area contributed by atoms with Crippen LogP contribution in [0, 0.1) is 33.6 Å². The first-order valence-corrected chi connectivity index (χ1v) is 9.15. The zero-order valence-electron chi connectivity index (χ0n) is 15.4. The highest BCUT2D eigenvalue weighted by Gasteiger charge is 2.19. The van der Waals surface area contributed by atoms with Crippen molar-refractivity contribution in [2.45, 2.75) is 66.2 Å². The van der Waals surface area contributed by atoms with Gasteiger partial charge in [0.25, 0.3) is 0 Å². The van der Waals surface area contributed by atoms with Crippen molar-refractivity contribution >= 4 is 0 Å². The monoisotopic (exact) mass is 308 g/mol. The number of hydrogen-bond acceptors (Lipinski definition) is 0. The topological polar surface area (TPSA) is 0 Å². The van der Waals surface area contributed by atoms with Gasteiger partial charge in [-0.3, -0.25) is 0 Å². The van der Waals surface area contributed by atoms with E-state index in [0.717, 1.165) is 11.8 Å². The molecule has 0 atom stereocenters. The van der Waals surface area contributed by atoms with E-state index < -0.39 is 0 Å². The van der Waals surface area contributed by atoms with Crippen LogP contribution in [0.5, 0.6) is 0 Å². The SMILES string of the molecule is Cc1cc(-c2ccc(C3CCC(C)CC3)cc2)c(C)c(C)c1C.[HH]. The summed E-state index contributed by atoms with van der Waals surface area (Å²) in [6, 6.07) is 11.8. The maximum atomic E-state index is 2.39. The molecule has 0 heterocycles. The van der Waals surface area contributed by atoms with Crippen LogP contribution in [0.25, 0.3) is 11.1 Å². The summed E-state index contributed by atoms with van der Waals surface area (Å²) in [6.07, 6.45) is 5.51. The molecular formula is C23H32. The van der Waals surface area contributed by atoms with Crippen LogP contribution in [0.4, 0.5) is 0 Å². The summed E-state index contributed by atoms with van der Waals surface area (Å²) in [5.74, 6) is 1.70. The first-order valence-electron chi connectivity index (χ1n) is 9.15. The minimum atomic E-state index is 0. The Morgan fingerprint density at radius 2 is 1.39 bits per heavy atom. The Kier molecular flexibility index (Phi) is 4.62. The van der Waals surface area contributed by atoms with Gasteiger partial charge in [-0.2, -0.15) is 0 Å². The van der Waals surface area contributed by atoms with Crippen molar-refractivity contribution in [3.63, 3.8) is 0 Å². The molecule has 1 fully saturated rings. The molecule has 0 unspecified atom stereocenters. The fourth-order valence-electron chi connectivity index (χ4n) is 4.04. The van der Waals surface area contributed by atoms with E-state index in [1.165, 1.54) is 59.1 Å². The van der Waals surface area contributed by atoms with Gasteiger partial charge in [0.2, 0.25) is 0 Å². The van der Waals surface area contributed by atoms with Gasteiger partial charge < -0.3 is 0 Å². The van der Waals surface area contributed by atoms with Gasteiger partial charge in [-0.1, -0.05) is 50.1 Å². The molecule has 0 radical (unpaired) electrons. The van der Waals surface area contributed by atoms with Gasteiger partial charge in [0.05, 0.1) is 0 Å². The number of hydrogen-bond donors (Lipinski definition) is 0. The summed E-state index contributed by atoms with van der Waals surface area (Å²) < 4.78 is 0. The van der Waals surface area contributed by atoms with Gasteiger partial charge >= 0.3 is 0 Å². The smallest absolute Gasteiger partial charge is 0 e. The number of benzene rings is 2. The minimum Gasteiger partial charge on any atom is -0.0625 e. The number of rotatable bonds is 2. The fourth-order valence-corrected chi connectivity index (χ4v) is 4.04. The lowest BCUT2D eigenvalue weighted by atomic mass is 9.79. The van der Waals surface area contributed by atoms with Crippen molar-refractivity contribution < 1.29 is 1.43 Å². The molecule has 23 heavy (non-hydrogen) atoms. The third-order valence-electron chi connectivity index (χ3n) is 6.19. The van der Waals surface area contributed by atoms with Crippen molar-refractivity contribution in [3.05, 3.63) is 58.1 Å². The zero-order valence-corrected chi connectivity index (χ0v) is 15.4. The van der Waals surface area contributed by atoms with Crippen LogP contribution in [0.1, 0.15) is 67.8 Å².